The lowest BCUT2D eigenvalue weighted by Gasteiger charge is -2.21. The van der Waals surface area contributed by atoms with Gasteiger partial charge in [0, 0.05) is 108 Å². The average Bonchev–Trinajstić information content (AvgIpc) is 1.61. The smallest absolute Gasteiger partial charge is 0.164 e. The zero-order chi connectivity index (χ0) is 72.0. The molecule has 22 rings (SSSR count). The molecule has 1 aliphatic rings. The second kappa shape index (κ2) is 24.5. The monoisotopic (exact) mass is 1410 g/mol. The van der Waals surface area contributed by atoms with Crippen molar-refractivity contribution in [1.82, 2.24) is 39.0 Å². The van der Waals surface area contributed by atoms with Crippen molar-refractivity contribution in [3.05, 3.63) is 351 Å². The maximum atomic E-state index is 7.08. The summed E-state index contributed by atoms with van der Waals surface area (Å²) in [7, 11) is 0. The lowest BCUT2D eigenvalue weighted by molar-refractivity contribution is 0.661. The second-order valence-corrected chi connectivity index (χ2v) is 29.9. The minimum absolute atomic E-state index is 0.154. The fraction of sp³-hybridized carbons (Fsp3) is 0.0303. The SMILES string of the molecule is CC1(C)c2ccccc2-c2cc3c4cc(-c5ccc(-c6nc(-c7ccccc7)nc(-c7cccc(-c8cccc(-n9c%10ccccc%10c%10cc(-c%11ccc(-c%12nc(-c%13ccccc%13)nc(-c%13ccccc%13)n%12)c%12c%11sc%11ccccc%11%12)ccc%109)c8)c7)n6)c6c5oc5ccccc56)ccc4n(-c4ccccc4)c3cc21. The first-order valence-electron chi connectivity index (χ1n) is 36.9. The van der Waals surface area contributed by atoms with Gasteiger partial charge in [0.05, 0.1) is 22.1 Å². The molecule has 510 valence electrons. The highest BCUT2D eigenvalue weighted by molar-refractivity contribution is 7.26. The summed E-state index contributed by atoms with van der Waals surface area (Å²) in [5, 5.41) is 8.92. The van der Waals surface area contributed by atoms with Crippen LogP contribution in [0, 0.1) is 0 Å². The number of benzene rings is 15. The minimum Gasteiger partial charge on any atom is -0.455 e. The van der Waals surface area contributed by atoms with Gasteiger partial charge in [-0.25, -0.2) is 29.9 Å². The van der Waals surface area contributed by atoms with Crippen LogP contribution in [0.5, 0.6) is 0 Å². The number of fused-ring (bicyclic) bond motifs is 15. The van der Waals surface area contributed by atoms with E-state index in [1.165, 1.54) is 58.7 Å². The summed E-state index contributed by atoms with van der Waals surface area (Å²) >= 11 is 1.81. The third-order valence-electron chi connectivity index (χ3n) is 22.2. The number of hydrogen-bond acceptors (Lipinski definition) is 8. The van der Waals surface area contributed by atoms with Crippen LogP contribution in [0.4, 0.5) is 0 Å². The Kier molecular flexibility index (Phi) is 14.0. The first-order valence-corrected chi connectivity index (χ1v) is 37.7. The third-order valence-corrected chi connectivity index (χ3v) is 23.4. The summed E-state index contributed by atoms with van der Waals surface area (Å²) in [5.74, 6) is 3.58. The molecule has 0 N–H and O–H groups in total. The van der Waals surface area contributed by atoms with Crippen molar-refractivity contribution >= 4 is 97.1 Å². The van der Waals surface area contributed by atoms with Crippen LogP contribution < -0.4 is 0 Å². The van der Waals surface area contributed by atoms with E-state index in [9.17, 15) is 0 Å². The van der Waals surface area contributed by atoms with Gasteiger partial charge in [0.2, 0.25) is 0 Å². The van der Waals surface area contributed by atoms with E-state index in [2.05, 4.69) is 302 Å². The lowest BCUT2D eigenvalue weighted by Crippen LogP contribution is -2.14. The predicted octanol–water partition coefficient (Wildman–Crippen LogP) is 25.8. The molecular weight excluding hydrogens is 1350 g/mol. The van der Waals surface area contributed by atoms with E-state index in [1.54, 1.807) is 0 Å². The van der Waals surface area contributed by atoms with Gasteiger partial charge in [-0.05, 0) is 153 Å². The maximum absolute atomic E-state index is 7.08. The quantitative estimate of drug-likeness (QED) is 0.127. The number of aromatic nitrogens is 8. The van der Waals surface area contributed by atoms with Gasteiger partial charge >= 0.3 is 0 Å². The van der Waals surface area contributed by atoms with Crippen LogP contribution in [-0.4, -0.2) is 39.0 Å². The molecule has 0 unspecified atom stereocenters. The summed E-state index contributed by atoms with van der Waals surface area (Å²) < 4.78 is 14.3. The molecule has 109 heavy (non-hydrogen) atoms. The van der Waals surface area contributed by atoms with Gasteiger partial charge in [-0.1, -0.05) is 250 Å². The maximum Gasteiger partial charge on any atom is 0.164 e. The van der Waals surface area contributed by atoms with Gasteiger partial charge in [0.15, 0.2) is 34.9 Å². The van der Waals surface area contributed by atoms with Crippen molar-refractivity contribution in [2.45, 2.75) is 19.3 Å². The molecule has 0 bridgehead atoms. The van der Waals surface area contributed by atoms with E-state index in [0.717, 1.165) is 127 Å². The topological polar surface area (TPSA) is 100 Å². The van der Waals surface area contributed by atoms with Gasteiger partial charge in [-0.15, -0.1) is 11.3 Å². The van der Waals surface area contributed by atoms with Crippen LogP contribution in [-0.2, 0) is 5.41 Å². The van der Waals surface area contributed by atoms with Gasteiger partial charge in [0.25, 0.3) is 0 Å². The van der Waals surface area contributed by atoms with Crippen LogP contribution in [0.2, 0.25) is 0 Å². The number of hydrogen-bond donors (Lipinski definition) is 0. The Labute approximate surface area is 630 Å². The van der Waals surface area contributed by atoms with Crippen LogP contribution >= 0.6 is 11.3 Å². The Bertz CT molecular complexity index is 7260. The molecule has 21 aromatic rings. The lowest BCUT2D eigenvalue weighted by atomic mass is 9.82. The van der Waals surface area contributed by atoms with Crippen LogP contribution in [0.1, 0.15) is 25.0 Å². The van der Waals surface area contributed by atoms with Crippen LogP contribution in [0.15, 0.2) is 344 Å². The van der Waals surface area contributed by atoms with E-state index in [1.807, 2.05) is 72.0 Å². The van der Waals surface area contributed by atoms with Crippen molar-refractivity contribution in [1.29, 1.82) is 0 Å². The molecule has 10 heteroatoms. The molecule has 1 aliphatic carbocycles. The zero-order valence-electron chi connectivity index (χ0n) is 59.2. The standard InChI is InChI=1S/C99H62N8OS/c1-99(2)81-41-19-15-37-71(81)77-57-80-79-55-64(45-51-85(79)106(86(80)58-82(77)99)67-34-13-6-14-35-67)69-47-49-75(89-73-39-17-21-43-87(73)108-91(69)89)97-102-95(61-29-11-5-12-30-61)101-96(105-97)66-33-23-31-62(53-66)63-32-24-36-68(54-63)107-83-42-20-16-38-72(83)78-56-65(46-52-84(78)107)70-48-50-76(90-74-40-18-22-44-88(74)109-92(70)90)98-103-93(59-25-7-3-8-26-59)100-94(104-98)60-27-9-4-10-28-60/h3-58H,1-2H3. The number of furan rings is 1. The van der Waals surface area contributed by atoms with Crippen molar-refractivity contribution < 1.29 is 4.42 Å². The predicted molar refractivity (Wildman–Crippen MR) is 449 cm³/mol. The molecule has 0 aliphatic heterocycles. The summed E-state index contributed by atoms with van der Waals surface area (Å²) in [6, 6.07) is 121. The Morgan fingerprint density at radius 1 is 0.266 bits per heavy atom. The molecule has 0 fully saturated rings. The summed E-state index contributed by atoms with van der Waals surface area (Å²) in [5.41, 5.74) is 25.2. The highest BCUT2D eigenvalue weighted by atomic mass is 32.1. The van der Waals surface area contributed by atoms with E-state index in [-0.39, 0.29) is 5.41 Å². The molecule has 0 spiro atoms. The molecule has 0 atom stereocenters. The fourth-order valence-corrected chi connectivity index (χ4v) is 18.3. The highest BCUT2D eigenvalue weighted by Gasteiger charge is 2.37. The first kappa shape index (κ1) is 62.3. The van der Waals surface area contributed by atoms with Crippen molar-refractivity contribution in [3.8, 4) is 124 Å². The summed E-state index contributed by atoms with van der Waals surface area (Å²) in [6.45, 7) is 4.71. The molecule has 0 saturated carbocycles. The number of nitrogens with zero attached hydrogens (tertiary/aromatic N) is 8. The highest BCUT2D eigenvalue weighted by Crippen LogP contribution is 2.53. The molecule has 0 saturated heterocycles. The van der Waals surface area contributed by atoms with E-state index < -0.39 is 0 Å². The van der Waals surface area contributed by atoms with E-state index in [0.29, 0.717) is 34.9 Å². The summed E-state index contributed by atoms with van der Waals surface area (Å²) in [6.07, 6.45) is 0. The molecule has 15 aromatic carbocycles. The third kappa shape index (κ3) is 9.99. The number of thiophene rings is 1. The average molecular weight is 1410 g/mol. The Hall–Kier alpha value is -14.1. The largest absolute Gasteiger partial charge is 0.455 e. The minimum atomic E-state index is -0.154. The molecule has 0 amide bonds. The molecule has 6 heterocycles. The van der Waals surface area contributed by atoms with E-state index in [4.69, 9.17) is 34.3 Å². The number of para-hydroxylation sites is 3. The Balaban J connectivity index is 0.644. The fourth-order valence-electron chi connectivity index (χ4n) is 17.1. The first-order chi connectivity index (χ1) is 53.8. The van der Waals surface area contributed by atoms with Crippen LogP contribution in [0.25, 0.3) is 210 Å². The summed E-state index contributed by atoms with van der Waals surface area (Å²) in [4.78, 5) is 31.7. The van der Waals surface area contributed by atoms with Gasteiger partial charge in [-0.3, -0.25) is 0 Å². The van der Waals surface area contributed by atoms with Gasteiger partial charge < -0.3 is 13.6 Å². The molecule has 0 radical (unpaired) electrons. The molecule has 9 nitrogen and oxygen atoms in total. The van der Waals surface area contributed by atoms with Crippen LogP contribution in [0.3, 0.4) is 0 Å². The van der Waals surface area contributed by atoms with Gasteiger partial charge in [0.1, 0.15) is 11.2 Å². The number of rotatable bonds is 11. The zero-order valence-corrected chi connectivity index (χ0v) is 60.0. The van der Waals surface area contributed by atoms with Crippen molar-refractivity contribution in [2.75, 3.05) is 0 Å². The van der Waals surface area contributed by atoms with Gasteiger partial charge in [-0.2, -0.15) is 0 Å². The molecule has 6 aromatic heterocycles. The Morgan fingerprint density at radius 3 is 1.42 bits per heavy atom. The molecular formula is C99H62N8OS. The normalized spacial score (nSPS) is 12.6. The second-order valence-electron chi connectivity index (χ2n) is 28.8. The van der Waals surface area contributed by atoms with E-state index >= 15 is 0 Å². The Morgan fingerprint density at radius 2 is 0.734 bits per heavy atom. The van der Waals surface area contributed by atoms with Crippen molar-refractivity contribution in [3.63, 3.8) is 0 Å². The van der Waals surface area contributed by atoms with Crippen molar-refractivity contribution in [2.24, 2.45) is 0 Å².